The molecule has 181 valence electrons. The van der Waals surface area contributed by atoms with E-state index in [-0.39, 0.29) is 56.3 Å². The van der Waals surface area contributed by atoms with Gasteiger partial charge in [0, 0.05) is 65.2 Å². The van der Waals surface area contributed by atoms with Crippen molar-refractivity contribution >= 4 is 28.4 Å². The molecule has 3 N–H and O–H groups in total. The third kappa shape index (κ3) is 10.5. The number of allylic oxidation sites excluding steroid dienone is 2. The second-order valence-corrected chi connectivity index (χ2v) is 7.24. The fraction of sp³-hybridized carbons (Fsp3) is 0.231. The second-order valence-electron chi connectivity index (χ2n) is 7.24. The molecule has 0 aliphatic carbocycles. The second kappa shape index (κ2) is 15.5. The van der Waals surface area contributed by atoms with E-state index in [0.717, 1.165) is 17.3 Å². The fourth-order valence-corrected chi connectivity index (χ4v) is 2.95. The van der Waals surface area contributed by atoms with Crippen LogP contribution in [-0.4, -0.2) is 40.8 Å². The Labute approximate surface area is 213 Å². The number of rotatable bonds is 8. The third-order valence-electron chi connectivity index (χ3n) is 4.43. The van der Waals surface area contributed by atoms with Gasteiger partial charge in [-0.2, -0.15) is 0 Å². The van der Waals surface area contributed by atoms with Crippen LogP contribution in [0.4, 0.5) is 0 Å². The minimum absolute atomic E-state index is 0. The van der Waals surface area contributed by atoms with E-state index < -0.39 is 0 Å². The zero-order valence-electron chi connectivity index (χ0n) is 19.1. The summed E-state index contributed by atoms with van der Waals surface area (Å²) in [4.78, 5) is 37.3. The molecule has 3 rings (SSSR count). The van der Waals surface area contributed by atoms with Gasteiger partial charge in [0.15, 0.2) is 5.78 Å². The number of pyridine rings is 1. The predicted molar refractivity (Wildman–Crippen MR) is 128 cm³/mol. The molecule has 0 fully saturated rings. The predicted octanol–water partition coefficient (Wildman–Crippen LogP) is 3.75. The van der Waals surface area contributed by atoms with Crippen LogP contribution in [0.3, 0.4) is 0 Å². The molecule has 1 radical (unpaired) electrons. The molecule has 0 saturated carbocycles. The summed E-state index contributed by atoms with van der Waals surface area (Å²) >= 11 is 0. The van der Waals surface area contributed by atoms with Crippen LogP contribution < -0.4 is 10.6 Å². The zero-order chi connectivity index (χ0) is 24.1. The van der Waals surface area contributed by atoms with Gasteiger partial charge < -0.3 is 20.7 Å². The number of carbonyl (C=O) groups excluding carboxylic acids is 3. The molecule has 0 spiro atoms. The molecule has 0 unspecified atom stereocenters. The molecule has 7 nitrogen and oxygen atoms in total. The van der Waals surface area contributed by atoms with Gasteiger partial charge in [0.2, 0.25) is 11.8 Å². The Balaban J connectivity index is 0.000000330. The molecule has 0 aliphatic heterocycles. The van der Waals surface area contributed by atoms with E-state index in [1.165, 1.54) is 24.6 Å². The average Bonchev–Trinajstić information content (AvgIpc) is 2.80. The minimum atomic E-state index is -0.290. The number of benzene rings is 2. The molecule has 34 heavy (non-hydrogen) atoms. The Kier molecular flexibility index (Phi) is 13.1. The summed E-state index contributed by atoms with van der Waals surface area (Å²) in [5.41, 5.74) is 2.04. The number of nitrogens with one attached hydrogen (secondary N) is 2. The van der Waals surface area contributed by atoms with Crippen molar-refractivity contribution in [2.45, 2.75) is 26.7 Å². The minimum Gasteiger partial charge on any atom is -0.512 e. The average molecular weight is 639 g/mol. The number of ketones is 1. The molecule has 2 aromatic carbocycles. The van der Waals surface area contributed by atoms with Crippen molar-refractivity contribution in [1.29, 1.82) is 0 Å². The first-order chi connectivity index (χ1) is 15.9. The molecule has 0 saturated heterocycles. The Morgan fingerprint density at radius 2 is 1.68 bits per heavy atom. The number of hydrogen-bond donors (Lipinski definition) is 3. The molecule has 1 heterocycles. The molecule has 0 atom stereocenters. The van der Waals surface area contributed by atoms with Crippen LogP contribution in [0.2, 0.25) is 0 Å². The van der Waals surface area contributed by atoms with Gasteiger partial charge in [-0.25, -0.2) is 0 Å². The summed E-state index contributed by atoms with van der Waals surface area (Å²) in [6.45, 7) is 3.49. The molecule has 0 aliphatic rings. The van der Waals surface area contributed by atoms with Gasteiger partial charge in [-0.1, -0.05) is 24.3 Å². The van der Waals surface area contributed by atoms with Gasteiger partial charge in [-0.05, 0) is 29.5 Å². The van der Waals surface area contributed by atoms with Crippen molar-refractivity contribution in [2.24, 2.45) is 0 Å². The van der Waals surface area contributed by atoms with Gasteiger partial charge in [0.05, 0.1) is 5.76 Å². The van der Waals surface area contributed by atoms with Crippen molar-refractivity contribution in [2.75, 3.05) is 13.1 Å². The summed E-state index contributed by atoms with van der Waals surface area (Å²) in [7, 11) is 0. The number of aliphatic hydroxyl groups excluding tert-OH is 1. The topological polar surface area (TPSA) is 108 Å². The molecular weight excluding hydrogens is 611 g/mol. The summed E-state index contributed by atoms with van der Waals surface area (Å²) in [6, 6.07) is 21.4. The van der Waals surface area contributed by atoms with Gasteiger partial charge in [0.1, 0.15) is 0 Å². The molecule has 1 aromatic heterocycles. The number of carbonyl (C=O) groups is 3. The maximum atomic E-state index is 11.2. The monoisotopic (exact) mass is 639 g/mol. The molecular formula is C26H28IrN3O4-. The Morgan fingerprint density at radius 1 is 0.971 bits per heavy atom. The Hall–Kier alpha value is -3.35. The van der Waals surface area contributed by atoms with E-state index >= 15 is 0 Å². The van der Waals surface area contributed by atoms with E-state index in [2.05, 4.69) is 33.8 Å². The Bertz CT molecular complexity index is 1110. The van der Waals surface area contributed by atoms with Crippen LogP contribution in [0.5, 0.6) is 0 Å². The number of nitrogens with zero attached hydrogens (tertiary/aromatic N) is 1. The summed E-state index contributed by atoms with van der Waals surface area (Å²) in [5.74, 6) is -0.770. The van der Waals surface area contributed by atoms with Crippen molar-refractivity contribution < 1.29 is 39.6 Å². The van der Waals surface area contributed by atoms with Crippen LogP contribution in [0, 0.1) is 6.07 Å². The number of fused-ring (bicyclic) bond motifs is 1. The van der Waals surface area contributed by atoms with Gasteiger partial charge in [0.25, 0.3) is 0 Å². The largest absolute Gasteiger partial charge is 0.512 e. The summed E-state index contributed by atoms with van der Waals surface area (Å²) in [6.07, 6.45) is 3.07. The van der Waals surface area contributed by atoms with Gasteiger partial charge in [-0.3, -0.25) is 14.4 Å². The maximum absolute atomic E-state index is 11.2. The Morgan fingerprint density at radius 3 is 2.35 bits per heavy atom. The molecule has 2 amide bonds. The quantitative estimate of drug-likeness (QED) is 0.151. The van der Waals surface area contributed by atoms with E-state index in [1.54, 1.807) is 0 Å². The van der Waals surface area contributed by atoms with Crippen molar-refractivity contribution in [1.82, 2.24) is 15.6 Å². The van der Waals surface area contributed by atoms with Crippen LogP contribution in [-0.2, 0) is 34.5 Å². The first-order valence-electron chi connectivity index (χ1n) is 10.6. The van der Waals surface area contributed by atoms with Crippen LogP contribution in [0.1, 0.15) is 26.7 Å². The first kappa shape index (κ1) is 28.7. The molecule has 0 bridgehead atoms. The number of hydrogen-bond acceptors (Lipinski definition) is 5. The first-order valence-corrected chi connectivity index (χ1v) is 10.6. The standard InChI is InChI=1S/C15H10N.C11H18N2O4.Ir/c1-2-7-13(8-3-1)15-14-9-5-4-6-12(14)10-11-16-15;1-8(14)7-10(16)3-4-11(17)13-6-5-12-9(2)15;/h1-7,9-11H;7,14H,3-6H2,1-2H3,(H,12,15)(H,13,17);/q-1;;. The zero-order valence-corrected chi connectivity index (χ0v) is 21.5. The summed E-state index contributed by atoms with van der Waals surface area (Å²) in [5, 5.41) is 16.3. The van der Waals surface area contributed by atoms with Crippen LogP contribution in [0.25, 0.3) is 22.0 Å². The maximum Gasteiger partial charge on any atom is 0.220 e. The van der Waals surface area contributed by atoms with E-state index in [9.17, 15) is 14.4 Å². The van der Waals surface area contributed by atoms with Crippen LogP contribution >= 0.6 is 0 Å². The SMILES string of the molecule is CC(=O)NCCNC(=O)CCC(=O)C=C(C)O.[Ir].[c-]1ccccc1-c1nccc2ccccc12. The van der Waals surface area contributed by atoms with Crippen LogP contribution in [0.15, 0.2) is 72.6 Å². The van der Waals surface area contributed by atoms with E-state index in [4.69, 9.17) is 5.11 Å². The molecule has 3 aromatic rings. The smallest absolute Gasteiger partial charge is 0.220 e. The number of amides is 2. The molecule has 8 heteroatoms. The van der Waals surface area contributed by atoms with E-state index in [1.807, 2.05) is 48.7 Å². The van der Waals surface area contributed by atoms with Gasteiger partial charge in [-0.15, -0.1) is 35.9 Å². The fourth-order valence-electron chi connectivity index (χ4n) is 2.95. The number of aromatic nitrogens is 1. The van der Waals surface area contributed by atoms with Crippen molar-refractivity contribution in [3.63, 3.8) is 0 Å². The number of aliphatic hydroxyl groups is 1. The van der Waals surface area contributed by atoms with Gasteiger partial charge >= 0.3 is 0 Å². The third-order valence-corrected chi connectivity index (χ3v) is 4.43. The van der Waals surface area contributed by atoms with Crippen molar-refractivity contribution in [3.8, 4) is 11.3 Å². The normalized spacial score (nSPS) is 10.4. The van der Waals surface area contributed by atoms with E-state index in [0.29, 0.717) is 13.1 Å². The summed E-state index contributed by atoms with van der Waals surface area (Å²) < 4.78 is 0. The van der Waals surface area contributed by atoms with Crippen molar-refractivity contribution in [3.05, 3.63) is 78.7 Å².